The Labute approximate surface area is 142 Å². The predicted molar refractivity (Wildman–Crippen MR) is 88.0 cm³/mol. The van der Waals surface area contributed by atoms with E-state index >= 15 is 0 Å². The molecule has 2 fully saturated rings. The largest absolute Gasteiger partial charge is 0.380 e. The number of aryl methyl sites for hydroxylation is 1. The molecule has 1 atom stereocenters. The molecule has 1 aromatic heterocycles. The second kappa shape index (κ2) is 6.45. The second-order valence-electron chi connectivity index (χ2n) is 6.80. The average molecular weight is 356 g/mol. The highest BCUT2D eigenvalue weighted by Gasteiger charge is 2.45. The van der Waals surface area contributed by atoms with E-state index in [1.165, 1.54) is 6.26 Å². The number of nitrogens with zero attached hydrogens (tertiary/aromatic N) is 3. The van der Waals surface area contributed by atoms with Gasteiger partial charge in [0.05, 0.1) is 18.9 Å². The highest BCUT2D eigenvalue weighted by atomic mass is 32.2. The number of carbonyl (C=O) groups is 1. The summed E-state index contributed by atoms with van der Waals surface area (Å²) in [5.41, 5.74) is 0.314. The lowest BCUT2D eigenvalue weighted by Gasteiger charge is -2.48. The van der Waals surface area contributed by atoms with Gasteiger partial charge in [0, 0.05) is 32.9 Å². The second-order valence-corrected chi connectivity index (χ2v) is 8.58. The van der Waals surface area contributed by atoms with Gasteiger partial charge in [-0.25, -0.2) is 13.1 Å². The highest BCUT2D eigenvalue weighted by molar-refractivity contribution is 7.88. The van der Waals surface area contributed by atoms with Gasteiger partial charge in [-0.2, -0.15) is 5.10 Å². The van der Waals surface area contributed by atoms with Crippen molar-refractivity contribution in [2.24, 2.45) is 12.5 Å². The Morgan fingerprint density at radius 3 is 2.67 bits per heavy atom. The molecule has 0 unspecified atom stereocenters. The zero-order valence-electron chi connectivity index (χ0n) is 14.1. The van der Waals surface area contributed by atoms with Crippen molar-refractivity contribution in [3.8, 4) is 0 Å². The van der Waals surface area contributed by atoms with Crippen LogP contribution in [0.5, 0.6) is 0 Å². The summed E-state index contributed by atoms with van der Waals surface area (Å²) < 4.78 is 33.1. The van der Waals surface area contributed by atoms with Gasteiger partial charge in [0.1, 0.15) is 5.69 Å². The molecule has 1 amide bonds. The highest BCUT2D eigenvalue weighted by Crippen LogP contribution is 2.41. The molecule has 1 N–H and O–H groups in total. The molecule has 2 saturated heterocycles. The molecule has 2 aliphatic heterocycles. The SMILES string of the molecule is Cn1ccc(C(=O)N2CCC3(CCOC[C@H]3NS(C)(=O)=O)CC2)n1. The third-order valence-corrected chi connectivity index (χ3v) is 5.82. The van der Waals surface area contributed by atoms with Crippen LogP contribution in [0.1, 0.15) is 29.8 Å². The molecule has 0 saturated carbocycles. The molecule has 3 rings (SSSR count). The Hall–Kier alpha value is -1.45. The number of hydrogen-bond donors (Lipinski definition) is 1. The molecule has 0 radical (unpaired) electrons. The molecule has 0 aromatic carbocycles. The summed E-state index contributed by atoms with van der Waals surface area (Å²) in [6.45, 7) is 2.24. The van der Waals surface area contributed by atoms with Gasteiger partial charge in [-0.1, -0.05) is 0 Å². The maximum atomic E-state index is 12.5. The maximum absolute atomic E-state index is 12.5. The van der Waals surface area contributed by atoms with Gasteiger partial charge in [0.15, 0.2) is 0 Å². The van der Waals surface area contributed by atoms with Crippen LogP contribution in [0.4, 0.5) is 0 Å². The standard InChI is InChI=1S/C15H24N4O4S/c1-18-7-3-12(16-18)14(20)19-8-4-15(5-9-19)6-10-23-11-13(15)17-24(2,21)22/h3,7,13,17H,4-6,8-11H2,1-2H3/t13-/m1/s1. The van der Waals surface area contributed by atoms with Crippen molar-refractivity contribution < 1.29 is 17.9 Å². The summed E-state index contributed by atoms with van der Waals surface area (Å²) in [6.07, 6.45) is 5.27. The molecule has 2 aliphatic rings. The van der Waals surface area contributed by atoms with E-state index in [4.69, 9.17) is 4.74 Å². The molecule has 1 spiro atoms. The van der Waals surface area contributed by atoms with E-state index in [2.05, 4.69) is 9.82 Å². The Morgan fingerprint density at radius 2 is 2.08 bits per heavy atom. The molecule has 9 heteroatoms. The summed E-state index contributed by atoms with van der Waals surface area (Å²) in [5.74, 6) is -0.0647. The van der Waals surface area contributed by atoms with Crippen LogP contribution < -0.4 is 4.72 Å². The minimum Gasteiger partial charge on any atom is -0.380 e. The van der Waals surface area contributed by atoms with Gasteiger partial charge in [-0.3, -0.25) is 9.48 Å². The van der Waals surface area contributed by atoms with Gasteiger partial charge >= 0.3 is 0 Å². The number of ether oxygens (including phenoxy) is 1. The lowest BCUT2D eigenvalue weighted by molar-refractivity contribution is -0.0401. The van der Waals surface area contributed by atoms with E-state index < -0.39 is 10.0 Å². The Kier molecular flexibility index (Phi) is 4.67. The van der Waals surface area contributed by atoms with E-state index in [9.17, 15) is 13.2 Å². The van der Waals surface area contributed by atoms with Gasteiger partial charge in [0.25, 0.3) is 5.91 Å². The zero-order chi connectivity index (χ0) is 17.4. The molecule has 1 aromatic rings. The summed E-state index contributed by atoms with van der Waals surface area (Å²) in [5, 5.41) is 4.17. The fourth-order valence-electron chi connectivity index (χ4n) is 3.69. The minimum absolute atomic E-state index is 0.0647. The molecule has 134 valence electrons. The zero-order valence-corrected chi connectivity index (χ0v) is 14.9. The number of carbonyl (C=O) groups excluding carboxylic acids is 1. The van der Waals surface area contributed by atoms with Gasteiger partial charge in [-0.15, -0.1) is 0 Å². The van der Waals surface area contributed by atoms with Crippen LogP contribution in [0.25, 0.3) is 0 Å². The number of hydrogen-bond acceptors (Lipinski definition) is 5. The number of amides is 1. The molecule has 0 aliphatic carbocycles. The first kappa shape index (κ1) is 17.4. The Bertz CT molecular complexity index is 707. The van der Waals surface area contributed by atoms with E-state index in [-0.39, 0.29) is 17.4 Å². The molecule has 3 heterocycles. The van der Waals surface area contributed by atoms with E-state index in [0.717, 1.165) is 19.3 Å². The topological polar surface area (TPSA) is 93.5 Å². The first-order chi connectivity index (χ1) is 11.3. The number of likely N-dealkylation sites (tertiary alicyclic amines) is 1. The van der Waals surface area contributed by atoms with Crippen LogP contribution in [0.15, 0.2) is 12.3 Å². The smallest absolute Gasteiger partial charge is 0.274 e. The predicted octanol–water partition coefficient (Wildman–Crippen LogP) is -0.0194. The first-order valence-corrected chi connectivity index (χ1v) is 10.0. The first-order valence-electron chi connectivity index (χ1n) is 8.13. The van der Waals surface area contributed by atoms with Gasteiger partial charge in [0.2, 0.25) is 10.0 Å². The van der Waals surface area contributed by atoms with E-state index in [1.807, 2.05) is 0 Å². The van der Waals surface area contributed by atoms with Crippen molar-refractivity contribution in [1.29, 1.82) is 0 Å². The fourth-order valence-corrected chi connectivity index (χ4v) is 4.52. The van der Waals surface area contributed by atoms with Crippen molar-refractivity contribution in [3.05, 3.63) is 18.0 Å². The lowest BCUT2D eigenvalue weighted by Crippen LogP contribution is -2.57. The fraction of sp³-hybridized carbons (Fsp3) is 0.733. The van der Waals surface area contributed by atoms with Crippen molar-refractivity contribution in [2.75, 3.05) is 32.6 Å². The van der Waals surface area contributed by atoms with Gasteiger partial charge < -0.3 is 9.64 Å². The van der Waals surface area contributed by atoms with Crippen molar-refractivity contribution in [1.82, 2.24) is 19.4 Å². The van der Waals surface area contributed by atoms with Crippen LogP contribution in [0.3, 0.4) is 0 Å². The molecule has 8 nitrogen and oxygen atoms in total. The van der Waals surface area contributed by atoms with Gasteiger partial charge in [-0.05, 0) is 30.7 Å². The average Bonchev–Trinajstić information content (AvgIpc) is 2.95. The van der Waals surface area contributed by atoms with Crippen molar-refractivity contribution in [3.63, 3.8) is 0 Å². The quantitative estimate of drug-likeness (QED) is 0.822. The van der Waals surface area contributed by atoms with Crippen molar-refractivity contribution in [2.45, 2.75) is 25.3 Å². The van der Waals surface area contributed by atoms with Crippen molar-refractivity contribution >= 4 is 15.9 Å². The number of piperidine rings is 1. The normalized spacial score (nSPS) is 24.2. The number of sulfonamides is 1. The Morgan fingerprint density at radius 1 is 1.38 bits per heavy atom. The van der Waals surface area contributed by atoms with Crippen LogP contribution in [-0.4, -0.2) is 67.6 Å². The molecular weight excluding hydrogens is 332 g/mol. The monoisotopic (exact) mass is 356 g/mol. The lowest BCUT2D eigenvalue weighted by atomic mass is 9.69. The van der Waals surface area contributed by atoms with Crippen LogP contribution in [0.2, 0.25) is 0 Å². The van der Waals surface area contributed by atoms with Crippen LogP contribution in [0, 0.1) is 5.41 Å². The molecule has 24 heavy (non-hydrogen) atoms. The summed E-state index contributed by atoms with van der Waals surface area (Å²) in [7, 11) is -1.51. The molecule has 0 bridgehead atoms. The van der Waals surface area contributed by atoms with E-state index in [0.29, 0.717) is 32.0 Å². The third kappa shape index (κ3) is 3.62. The number of rotatable bonds is 3. The summed E-state index contributed by atoms with van der Waals surface area (Å²) in [4.78, 5) is 14.3. The van der Waals surface area contributed by atoms with Crippen LogP contribution >= 0.6 is 0 Å². The van der Waals surface area contributed by atoms with E-state index in [1.54, 1.807) is 28.9 Å². The maximum Gasteiger partial charge on any atom is 0.274 e. The number of aromatic nitrogens is 2. The van der Waals surface area contributed by atoms with Crippen LogP contribution in [-0.2, 0) is 21.8 Å². The summed E-state index contributed by atoms with van der Waals surface area (Å²) in [6, 6.07) is 1.49. The third-order valence-electron chi connectivity index (χ3n) is 5.10. The minimum atomic E-state index is -3.29. The Balaban J connectivity index is 1.69. The molecular formula is C15H24N4O4S. The summed E-state index contributed by atoms with van der Waals surface area (Å²) >= 11 is 0. The number of nitrogens with one attached hydrogen (secondary N) is 1.